The first-order valence-electron chi connectivity index (χ1n) is 5.34. The molecule has 0 aliphatic rings. The molecule has 0 saturated carbocycles. The van der Waals surface area contributed by atoms with Crippen molar-refractivity contribution in [2.45, 2.75) is 52.9 Å². The molecule has 1 unspecified atom stereocenters. The maximum Gasteiger partial charge on any atom is 0.337 e. The number of esters is 1. The zero-order valence-corrected chi connectivity index (χ0v) is 10.2. The standard InChI is InChI=1S/C11H22O4/c1-6-7-14-10(13)11(4,5)15-9(12)8(2)3/h8-9,12H,6-7H2,1-5H3. The van der Waals surface area contributed by atoms with E-state index in [4.69, 9.17) is 9.47 Å². The average molecular weight is 218 g/mol. The van der Waals surface area contributed by atoms with Gasteiger partial charge in [-0.05, 0) is 20.3 Å². The quantitative estimate of drug-likeness (QED) is 0.544. The maximum atomic E-state index is 11.5. The van der Waals surface area contributed by atoms with Crippen LogP contribution < -0.4 is 0 Å². The van der Waals surface area contributed by atoms with Crippen LogP contribution >= 0.6 is 0 Å². The summed E-state index contributed by atoms with van der Waals surface area (Å²) in [6, 6.07) is 0. The van der Waals surface area contributed by atoms with Crippen LogP contribution in [0.1, 0.15) is 41.0 Å². The number of carbonyl (C=O) groups is 1. The van der Waals surface area contributed by atoms with Gasteiger partial charge in [0.1, 0.15) is 0 Å². The molecule has 0 radical (unpaired) electrons. The Morgan fingerprint density at radius 2 is 1.93 bits per heavy atom. The van der Waals surface area contributed by atoms with E-state index in [1.807, 2.05) is 20.8 Å². The molecule has 0 saturated heterocycles. The zero-order chi connectivity index (χ0) is 12.1. The van der Waals surface area contributed by atoms with E-state index >= 15 is 0 Å². The second-order valence-corrected chi connectivity index (χ2v) is 4.40. The predicted octanol–water partition coefficient (Wildman–Crippen LogP) is 1.71. The van der Waals surface area contributed by atoms with Gasteiger partial charge in [0.25, 0.3) is 0 Å². The Labute approximate surface area is 91.6 Å². The lowest BCUT2D eigenvalue weighted by Gasteiger charge is -2.27. The maximum absolute atomic E-state index is 11.5. The van der Waals surface area contributed by atoms with Crippen LogP contribution in [0, 0.1) is 5.92 Å². The molecule has 0 heterocycles. The van der Waals surface area contributed by atoms with Gasteiger partial charge in [-0.1, -0.05) is 20.8 Å². The summed E-state index contributed by atoms with van der Waals surface area (Å²) in [6.07, 6.45) is -0.177. The summed E-state index contributed by atoms with van der Waals surface area (Å²) in [5.41, 5.74) is -1.10. The fourth-order valence-electron chi connectivity index (χ4n) is 0.855. The highest BCUT2D eigenvalue weighted by Gasteiger charge is 2.33. The highest BCUT2D eigenvalue weighted by Crippen LogP contribution is 2.17. The molecule has 0 rings (SSSR count). The molecule has 0 fully saturated rings. The number of ether oxygens (including phenoxy) is 2. The van der Waals surface area contributed by atoms with Crippen LogP contribution in [0.5, 0.6) is 0 Å². The highest BCUT2D eigenvalue weighted by molar-refractivity contribution is 5.78. The monoisotopic (exact) mass is 218 g/mol. The number of hydrogen-bond donors (Lipinski definition) is 1. The summed E-state index contributed by atoms with van der Waals surface area (Å²) in [4.78, 5) is 11.5. The van der Waals surface area contributed by atoms with E-state index in [2.05, 4.69) is 0 Å². The van der Waals surface area contributed by atoms with E-state index in [0.29, 0.717) is 6.61 Å². The molecule has 0 bridgehead atoms. The number of aliphatic hydroxyl groups excluding tert-OH is 1. The van der Waals surface area contributed by atoms with Crippen LogP contribution in [0.3, 0.4) is 0 Å². The number of rotatable bonds is 6. The van der Waals surface area contributed by atoms with Crippen molar-refractivity contribution in [2.75, 3.05) is 6.61 Å². The summed E-state index contributed by atoms with van der Waals surface area (Å²) in [5, 5.41) is 9.51. The summed E-state index contributed by atoms with van der Waals surface area (Å²) in [7, 11) is 0. The second kappa shape index (κ2) is 6.08. The van der Waals surface area contributed by atoms with Crippen molar-refractivity contribution in [3.8, 4) is 0 Å². The lowest BCUT2D eigenvalue weighted by atomic mass is 10.1. The van der Waals surface area contributed by atoms with Gasteiger partial charge in [0, 0.05) is 5.92 Å². The minimum atomic E-state index is -1.10. The Kier molecular flexibility index (Phi) is 5.83. The molecule has 1 atom stereocenters. The summed E-state index contributed by atoms with van der Waals surface area (Å²) in [6.45, 7) is 9.12. The van der Waals surface area contributed by atoms with Crippen LogP contribution in [0.4, 0.5) is 0 Å². The van der Waals surface area contributed by atoms with E-state index in [-0.39, 0.29) is 5.92 Å². The van der Waals surface area contributed by atoms with Gasteiger partial charge in [-0.25, -0.2) is 4.79 Å². The molecule has 4 heteroatoms. The topological polar surface area (TPSA) is 55.8 Å². The molecule has 0 aromatic rings. The third kappa shape index (κ3) is 5.14. The van der Waals surface area contributed by atoms with Gasteiger partial charge in [-0.2, -0.15) is 0 Å². The normalized spacial score (nSPS) is 14.1. The van der Waals surface area contributed by atoms with Crippen molar-refractivity contribution in [1.29, 1.82) is 0 Å². The van der Waals surface area contributed by atoms with Crippen LogP contribution in [0.2, 0.25) is 0 Å². The predicted molar refractivity (Wildman–Crippen MR) is 57.3 cm³/mol. The van der Waals surface area contributed by atoms with Gasteiger partial charge in [0.05, 0.1) is 6.61 Å². The first-order valence-corrected chi connectivity index (χ1v) is 5.34. The van der Waals surface area contributed by atoms with Gasteiger partial charge >= 0.3 is 5.97 Å². The van der Waals surface area contributed by atoms with Gasteiger partial charge in [0.2, 0.25) is 0 Å². The Morgan fingerprint density at radius 1 is 1.40 bits per heavy atom. The fraction of sp³-hybridized carbons (Fsp3) is 0.909. The lowest BCUT2D eigenvalue weighted by molar-refractivity contribution is -0.212. The summed E-state index contributed by atoms with van der Waals surface area (Å²) >= 11 is 0. The van der Waals surface area contributed by atoms with E-state index in [0.717, 1.165) is 6.42 Å². The molecule has 0 aromatic carbocycles. The van der Waals surface area contributed by atoms with Crippen LogP contribution in [0.25, 0.3) is 0 Å². The van der Waals surface area contributed by atoms with E-state index in [1.54, 1.807) is 13.8 Å². The molecule has 0 aromatic heterocycles. The van der Waals surface area contributed by atoms with Crippen molar-refractivity contribution in [3.63, 3.8) is 0 Å². The number of hydrogen-bond acceptors (Lipinski definition) is 4. The van der Waals surface area contributed by atoms with E-state index in [1.165, 1.54) is 0 Å². The lowest BCUT2D eigenvalue weighted by Crippen LogP contribution is -2.41. The first-order chi connectivity index (χ1) is 6.81. The van der Waals surface area contributed by atoms with E-state index in [9.17, 15) is 9.90 Å². The summed E-state index contributed by atoms with van der Waals surface area (Å²) < 4.78 is 10.2. The minimum Gasteiger partial charge on any atom is -0.464 e. The third-order valence-corrected chi connectivity index (χ3v) is 1.91. The zero-order valence-electron chi connectivity index (χ0n) is 10.2. The molecule has 0 spiro atoms. The molecule has 0 aliphatic heterocycles. The molecule has 90 valence electrons. The second-order valence-electron chi connectivity index (χ2n) is 4.40. The van der Waals surface area contributed by atoms with Gasteiger partial charge < -0.3 is 14.6 Å². The van der Waals surface area contributed by atoms with Crippen LogP contribution in [0.15, 0.2) is 0 Å². The van der Waals surface area contributed by atoms with Gasteiger partial charge in [-0.15, -0.1) is 0 Å². The molecule has 15 heavy (non-hydrogen) atoms. The first kappa shape index (κ1) is 14.4. The number of carbonyl (C=O) groups excluding carboxylic acids is 1. The Balaban J connectivity index is 4.21. The van der Waals surface area contributed by atoms with Crippen LogP contribution in [-0.4, -0.2) is 29.6 Å². The number of aliphatic hydroxyl groups is 1. The largest absolute Gasteiger partial charge is 0.464 e. The van der Waals surface area contributed by atoms with Crippen molar-refractivity contribution in [1.82, 2.24) is 0 Å². The molecule has 0 aliphatic carbocycles. The van der Waals surface area contributed by atoms with Crippen molar-refractivity contribution in [2.24, 2.45) is 5.92 Å². The van der Waals surface area contributed by atoms with Gasteiger partial charge in [0.15, 0.2) is 11.9 Å². The van der Waals surface area contributed by atoms with Gasteiger partial charge in [-0.3, -0.25) is 0 Å². The molecule has 1 N–H and O–H groups in total. The van der Waals surface area contributed by atoms with Crippen molar-refractivity contribution in [3.05, 3.63) is 0 Å². The third-order valence-electron chi connectivity index (χ3n) is 1.91. The Morgan fingerprint density at radius 3 is 2.33 bits per heavy atom. The Hall–Kier alpha value is -0.610. The SMILES string of the molecule is CCCOC(=O)C(C)(C)OC(O)C(C)C. The van der Waals surface area contributed by atoms with Crippen LogP contribution in [-0.2, 0) is 14.3 Å². The molecule has 0 amide bonds. The summed E-state index contributed by atoms with van der Waals surface area (Å²) in [5.74, 6) is -0.493. The van der Waals surface area contributed by atoms with E-state index < -0.39 is 17.9 Å². The highest BCUT2D eigenvalue weighted by atomic mass is 16.6. The average Bonchev–Trinajstić information content (AvgIpc) is 2.13. The Bertz CT molecular complexity index is 199. The smallest absolute Gasteiger partial charge is 0.337 e. The molecule has 4 nitrogen and oxygen atoms in total. The van der Waals surface area contributed by atoms with Crippen molar-refractivity contribution < 1.29 is 19.4 Å². The minimum absolute atomic E-state index is 0.0525. The molecular formula is C11H22O4. The fourth-order valence-corrected chi connectivity index (χ4v) is 0.855. The van der Waals surface area contributed by atoms with Crippen molar-refractivity contribution >= 4 is 5.97 Å². The molecular weight excluding hydrogens is 196 g/mol.